The third kappa shape index (κ3) is 2.31. The maximum absolute atomic E-state index is 5.66. The Kier molecular flexibility index (Phi) is 3.06. The van der Waals surface area contributed by atoms with Gasteiger partial charge in [0.25, 0.3) is 0 Å². The van der Waals surface area contributed by atoms with Crippen LogP contribution in [0.3, 0.4) is 0 Å². The summed E-state index contributed by atoms with van der Waals surface area (Å²) < 4.78 is 5.66. The van der Waals surface area contributed by atoms with Crippen molar-refractivity contribution in [3.05, 3.63) is 46.6 Å². The molecule has 4 heteroatoms. The highest BCUT2D eigenvalue weighted by molar-refractivity contribution is 6.29. The molecule has 1 aromatic carbocycles. The molecule has 0 spiro atoms. The number of halogens is 1. The quantitative estimate of drug-likeness (QED) is 0.797. The highest BCUT2D eigenvalue weighted by Gasteiger charge is 2.05. The Morgan fingerprint density at radius 3 is 2.25 bits per heavy atom. The first-order valence-corrected chi connectivity index (χ1v) is 5.28. The fourth-order valence-electron chi connectivity index (χ4n) is 1.42. The number of aromatic nitrogens is 2. The molecule has 2 aromatic rings. The Morgan fingerprint density at radius 1 is 1.00 bits per heavy atom. The van der Waals surface area contributed by atoms with Crippen LogP contribution in [0.1, 0.15) is 11.1 Å². The molecule has 0 saturated carbocycles. The highest BCUT2D eigenvalue weighted by atomic mass is 35.5. The molecule has 0 aliphatic rings. The molecule has 0 bridgehead atoms. The van der Waals surface area contributed by atoms with Crippen molar-refractivity contribution in [2.45, 2.75) is 13.8 Å². The Hall–Kier alpha value is -1.61. The largest absolute Gasteiger partial charge is 0.437 e. The summed E-state index contributed by atoms with van der Waals surface area (Å²) in [5, 5.41) is 7.93. The first-order valence-electron chi connectivity index (χ1n) is 4.90. The fourth-order valence-corrected chi connectivity index (χ4v) is 1.52. The average molecular weight is 235 g/mol. The number of rotatable bonds is 2. The second-order valence-corrected chi connectivity index (χ2v) is 3.90. The van der Waals surface area contributed by atoms with Gasteiger partial charge >= 0.3 is 0 Å². The molecule has 0 N–H and O–H groups in total. The van der Waals surface area contributed by atoms with Crippen LogP contribution in [0.2, 0.25) is 5.15 Å². The van der Waals surface area contributed by atoms with E-state index in [1.54, 1.807) is 12.1 Å². The van der Waals surface area contributed by atoms with E-state index in [-0.39, 0.29) is 0 Å². The second kappa shape index (κ2) is 4.49. The van der Waals surface area contributed by atoms with E-state index in [0.717, 1.165) is 16.9 Å². The predicted octanol–water partition coefficient (Wildman–Crippen LogP) is 3.54. The van der Waals surface area contributed by atoms with E-state index < -0.39 is 0 Å². The first kappa shape index (κ1) is 10.9. The molecule has 2 rings (SSSR count). The van der Waals surface area contributed by atoms with Crippen molar-refractivity contribution >= 4 is 11.6 Å². The Bertz CT molecular complexity index is 477. The monoisotopic (exact) mass is 234 g/mol. The van der Waals surface area contributed by atoms with E-state index in [4.69, 9.17) is 16.3 Å². The van der Waals surface area contributed by atoms with Crippen molar-refractivity contribution in [3.63, 3.8) is 0 Å². The summed E-state index contributed by atoms with van der Waals surface area (Å²) in [5.41, 5.74) is 2.13. The third-order valence-corrected chi connectivity index (χ3v) is 2.42. The van der Waals surface area contributed by atoms with Crippen molar-refractivity contribution in [2.24, 2.45) is 0 Å². The van der Waals surface area contributed by atoms with Crippen molar-refractivity contribution < 1.29 is 4.74 Å². The molecular weight excluding hydrogens is 224 g/mol. The summed E-state index contributed by atoms with van der Waals surface area (Å²) in [4.78, 5) is 0. The minimum absolute atomic E-state index is 0.355. The van der Waals surface area contributed by atoms with Gasteiger partial charge in [0.15, 0.2) is 5.15 Å². The third-order valence-electron chi connectivity index (χ3n) is 2.22. The number of benzene rings is 1. The van der Waals surface area contributed by atoms with Gasteiger partial charge in [-0.1, -0.05) is 29.8 Å². The van der Waals surface area contributed by atoms with E-state index in [0.29, 0.717) is 11.0 Å². The van der Waals surface area contributed by atoms with Crippen molar-refractivity contribution in [2.75, 3.05) is 0 Å². The maximum atomic E-state index is 5.66. The van der Waals surface area contributed by atoms with Gasteiger partial charge in [0.2, 0.25) is 5.88 Å². The predicted molar refractivity (Wildman–Crippen MR) is 63.0 cm³/mol. The summed E-state index contributed by atoms with van der Waals surface area (Å²) in [7, 11) is 0. The molecule has 0 atom stereocenters. The van der Waals surface area contributed by atoms with Gasteiger partial charge in [0, 0.05) is 6.07 Å². The maximum Gasteiger partial charge on any atom is 0.238 e. The van der Waals surface area contributed by atoms with Gasteiger partial charge in [0.05, 0.1) is 0 Å². The van der Waals surface area contributed by atoms with Crippen LogP contribution in [0.25, 0.3) is 0 Å². The van der Waals surface area contributed by atoms with E-state index in [2.05, 4.69) is 10.2 Å². The molecule has 0 aliphatic heterocycles. The molecule has 0 saturated heterocycles. The summed E-state index contributed by atoms with van der Waals surface area (Å²) in [6.45, 7) is 3.98. The lowest BCUT2D eigenvalue weighted by Crippen LogP contribution is -1.94. The van der Waals surface area contributed by atoms with E-state index in [9.17, 15) is 0 Å². The minimum atomic E-state index is 0.355. The van der Waals surface area contributed by atoms with Gasteiger partial charge in [-0.15, -0.1) is 10.2 Å². The number of aryl methyl sites for hydroxylation is 2. The zero-order chi connectivity index (χ0) is 11.5. The van der Waals surface area contributed by atoms with Crippen LogP contribution in [0.4, 0.5) is 0 Å². The van der Waals surface area contributed by atoms with E-state index >= 15 is 0 Å². The lowest BCUT2D eigenvalue weighted by Gasteiger charge is -2.09. The van der Waals surface area contributed by atoms with Gasteiger partial charge in [-0.2, -0.15) is 0 Å². The minimum Gasteiger partial charge on any atom is -0.437 e. The molecule has 0 fully saturated rings. The molecule has 0 aliphatic carbocycles. The van der Waals surface area contributed by atoms with E-state index in [1.165, 1.54) is 0 Å². The zero-order valence-corrected chi connectivity index (χ0v) is 9.82. The van der Waals surface area contributed by atoms with Gasteiger partial charge in [-0.25, -0.2) is 0 Å². The second-order valence-electron chi connectivity index (χ2n) is 3.52. The lowest BCUT2D eigenvalue weighted by atomic mass is 10.1. The Balaban J connectivity index is 2.30. The fraction of sp³-hybridized carbons (Fsp3) is 0.167. The SMILES string of the molecule is Cc1cccc(C)c1Oc1ccc(Cl)nn1. The molecule has 1 heterocycles. The number of ether oxygens (including phenoxy) is 1. The Morgan fingerprint density at radius 2 is 1.69 bits per heavy atom. The van der Waals surface area contributed by atoms with Crippen LogP contribution in [-0.4, -0.2) is 10.2 Å². The number of hydrogen-bond donors (Lipinski definition) is 0. The molecular formula is C12H11ClN2O. The summed E-state index contributed by atoms with van der Waals surface area (Å²) >= 11 is 5.65. The topological polar surface area (TPSA) is 35.0 Å². The van der Waals surface area contributed by atoms with Gasteiger partial charge in [-0.05, 0) is 31.0 Å². The van der Waals surface area contributed by atoms with Crippen LogP contribution < -0.4 is 4.74 Å². The average Bonchev–Trinajstić information content (AvgIpc) is 2.26. The number of hydrogen-bond acceptors (Lipinski definition) is 3. The van der Waals surface area contributed by atoms with Crippen molar-refractivity contribution in [1.29, 1.82) is 0 Å². The van der Waals surface area contributed by atoms with Crippen LogP contribution in [-0.2, 0) is 0 Å². The van der Waals surface area contributed by atoms with Crippen LogP contribution in [0.15, 0.2) is 30.3 Å². The molecule has 3 nitrogen and oxygen atoms in total. The molecule has 0 amide bonds. The normalized spacial score (nSPS) is 10.2. The Labute approximate surface area is 99.0 Å². The number of para-hydroxylation sites is 1. The van der Waals surface area contributed by atoms with Gasteiger partial charge in [-0.3, -0.25) is 0 Å². The number of nitrogens with zero attached hydrogens (tertiary/aromatic N) is 2. The molecule has 1 aromatic heterocycles. The molecule has 0 radical (unpaired) electrons. The van der Waals surface area contributed by atoms with Gasteiger partial charge in [0.1, 0.15) is 5.75 Å². The standard InChI is InChI=1S/C12H11ClN2O/c1-8-4-3-5-9(2)12(8)16-11-7-6-10(13)14-15-11/h3-7H,1-2H3. The summed E-state index contributed by atoms with van der Waals surface area (Å²) in [5.74, 6) is 1.26. The zero-order valence-electron chi connectivity index (χ0n) is 9.07. The van der Waals surface area contributed by atoms with Crippen molar-refractivity contribution in [1.82, 2.24) is 10.2 Å². The summed E-state index contributed by atoms with van der Waals surface area (Å²) in [6, 6.07) is 9.32. The van der Waals surface area contributed by atoms with Crippen LogP contribution >= 0.6 is 11.6 Å². The first-order chi connectivity index (χ1) is 7.66. The van der Waals surface area contributed by atoms with E-state index in [1.807, 2.05) is 32.0 Å². The van der Waals surface area contributed by atoms with Crippen LogP contribution in [0.5, 0.6) is 11.6 Å². The van der Waals surface area contributed by atoms with Gasteiger partial charge < -0.3 is 4.74 Å². The lowest BCUT2D eigenvalue weighted by molar-refractivity contribution is 0.448. The molecule has 0 unspecified atom stereocenters. The summed E-state index contributed by atoms with van der Waals surface area (Å²) in [6.07, 6.45) is 0. The van der Waals surface area contributed by atoms with Crippen molar-refractivity contribution in [3.8, 4) is 11.6 Å². The highest BCUT2D eigenvalue weighted by Crippen LogP contribution is 2.27. The molecule has 16 heavy (non-hydrogen) atoms. The smallest absolute Gasteiger partial charge is 0.238 e. The molecule has 82 valence electrons. The van der Waals surface area contributed by atoms with Crippen LogP contribution in [0, 0.1) is 13.8 Å².